The number of rotatable bonds is 6. The number of nitro groups is 1. The molecule has 0 unspecified atom stereocenters. The molecule has 2 N–H and O–H groups in total. The summed E-state index contributed by atoms with van der Waals surface area (Å²) in [4.78, 5) is 22.3. The summed E-state index contributed by atoms with van der Waals surface area (Å²) in [7, 11) is 0. The van der Waals surface area contributed by atoms with Crippen LogP contribution in [0, 0.1) is 10.1 Å². The lowest BCUT2D eigenvalue weighted by Gasteiger charge is -2.08. The van der Waals surface area contributed by atoms with Crippen LogP contribution >= 0.6 is 15.9 Å². The van der Waals surface area contributed by atoms with Crippen LogP contribution in [0.5, 0.6) is 11.5 Å². The van der Waals surface area contributed by atoms with Crippen molar-refractivity contribution in [1.29, 1.82) is 0 Å². The molecule has 0 aliphatic rings. The van der Waals surface area contributed by atoms with Gasteiger partial charge in [-0.25, -0.2) is 5.43 Å². The summed E-state index contributed by atoms with van der Waals surface area (Å²) in [6, 6.07) is 8.94. The fourth-order valence-corrected chi connectivity index (χ4v) is 2.34. The Morgan fingerprint density at radius 2 is 2.20 bits per heavy atom. The number of nitrogens with zero attached hydrogens (tertiary/aromatic N) is 2. The van der Waals surface area contributed by atoms with Crippen molar-refractivity contribution in [2.45, 2.75) is 6.92 Å². The number of hydrogen-bond acceptors (Lipinski definition) is 6. The van der Waals surface area contributed by atoms with E-state index < -0.39 is 10.8 Å². The SMILES string of the molecule is CCOc1cc([N+](=O)[O-])cc(C=NNC(=O)c2cccc(Br)c2)c1O. The Balaban J connectivity index is 2.22. The molecule has 130 valence electrons. The Hall–Kier alpha value is -2.94. The van der Waals surface area contributed by atoms with E-state index in [1.165, 1.54) is 0 Å². The third-order valence-electron chi connectivity index (χ3n) is 3.06. The average molecular weight is 408 g/mol. The molecule has 0 radical (unpaired) electrons. The van der Waals surface area contributed by atoms with Crippen LogP contribution in [0.3, 0.4) is 0 Å². The molecule has 0 aliphatic heterocycles. The van der Waals surface area contributed by atoms with Gasteiger partial charge in [0.2, 0.25) is 0 Å². The van der Waals surface area contributed by atoms with Gasteiger partial charge in [0.1, 0.15) is 0 Å². The summed E-state index contributed by atoms with van der Waals surface area (Å²) < 4.78 is 5.91. The van der Waals surface area contributed by atoms with Crippen LogP contribution in [0.2, 0.25) is 0 Å². The van der Waals surface area contributed by atoms with Gasteiger partial charge in [-0.3, -0.25) is 14.9 Å². The van der Waals surface area contributed by atoms with E-state index in [2.05, 4.69) is 26.5 Å². The number of ether oxygens (including phenoxy) is 1. The number of aromatic hydroxyl groups is 1. The second-order valence-corrected chi connectivity index (χ2v) is 5.70. The minimum atomic E-state index is -0.612. The number of non-ortho nitro benzene ring substituents is 1. The van der Waals surface area contributed by atoms with Gasteiger partial charge >= 0.3 is 0 Å². The number of hydrazone groups is 1. The molecule has 8 nitrogen and oxygen atoms in total. The van der Waals surface area contributed by atoms with Crippen molar-refractivity contribution in [2.75, 3.05) is 6.61 Å². The zero-order chi connectivity index (χ0) is 18.4. The van der Waals surface area contributed by atoms with E-state index >= 15 is 0 Å². The smallest absolute Gasteiger partial charge is 0.274 e. The summed E-state index contributed by atoms with van der Waals surface area (Å²) in [6.45, 7) is 1.91. The monoisotopic (exact) mass is 407 g/mol. The molecule has 0 aromatic heterocycles. The van der Waals surface area contributed by atoms with Gasteiger partial charge in [0.15, 0.2) is 11.5 Å². The molecule has 0 aliphatic carbocycles. The Bertz CT molecular complexity index is 839. The molecule has 0 saturated carbocycles. The van der Waals surface area contributed by atoms with E-state index in [9.17, 15) is 20.0 Å². The number of carbonyl (C=O) groups is 1. The number of halogens is 1. The number of carbonyl (C=O) groups excluding carboxylic acids is 1. The van der Waals surface area contributed by atoms with E-state index in [4.69, 9.17) is 4.74 Å². The largest absolute Gasteiger partial charge is 0.504 e. The van der Waals surface area contributed by atoms with E-state index in [0.29, 0.717) is 5.56 Å². The van der Waals surface area contributed by atoms with E-state index in [-0.39, 0.29) is 29.4 Å². The molecule has 9 heteroatoms. The summed E-state index contributed by atoms with van der Waals surface area (Å²) in [6.07, 6.45) is 1.11. The minimum Gasteiger partial charge on any atom is -0.504 e. The normalized spacial score (nSPS) is 10.6. The van der Waals surface area contributed by atoms with Gasteiger partial charge in [-0.1, -0.05) is 22.0 Å². The molecule has 1 amide bonds. The number of phenolic OH excluding ortho intramolecular Hbond substituents is 1. The Morgan fingerprint density at radius 3 is 2.84 bits per heavy atom. The van der Waals surface area contributed by atoms with Gasteiger partial charge in [-0.15, -0.1) is 0 Å². The third-order valence-corrected chi connectivity index (χ3v) is 3.55. The molecule has 0 saturated heterocycles. The summed E-state index contributed by atoms with van der Waals surface area (Å²) in [5.74, 6) is -0.795. The van der Waals surface area contributed by atoms with Crippen LogP contribution in [0.15, 0.2) is 46.0 Å². The average Bonchev–Trinajstić information content (AvgIpc) is 2.57. The van der Waals surface area contributed by atoms with Crippen LogP contribution in [0.4, 0.5) is 5.69 Å². The van der Waals surface area contributed by atoms with Crippen molar-refractivity contribution >= 4 is 33.7 Å². The molecule has 2 rings (SSSR count). The first-order valence-electron chi connectivity index (χ1n) is 7.15. The molecule has 2 aromatic rings. The molecule has 0 spiro atoms. The highest BCUT2D eigenvalue weighted by Crippen LogP contribution is 2.33. The third kappa shape index (κ3) is 4.77. The summed E-state index contributed by atoms with van der Waals surface area (Å²) in [5.41, 5.74) is 2.45. The summed E-state index contributed by atoms with van der Waals surface area (Å²) >= 11 is 3.26. The number of nitrogens with one attached hydrogen (secondary N) is 1. The van der Waals surface area contributed by atoms with Crippen LogP contribution in [-0.2, 0) is 0 Å². The zero-order valence-electron chi connectivity index (χ0n) is 13.1. The molecular weight excluding hydrogens is 394 g/mol. The maximum atomic E-state index is 12.0. The van der Waals surface area contributed by atoms with Crippen molar-refractivity contribution in [3.63, 3.8) is 0 Å². The number of phenols is 1. The predicted octanol–water partition coefficient (Wildman–Crippen LogP) is 3.23. The van der Waals surface area contributed by atoms with Crippen LogP contribution in [0.1, 0.15) is 22.8 Å². The maximum Gasteiger partial charge on any atom is 0.274 e. The van der Waals surface area contributed by atoms with Crippen LogP contribution < -0.4 is 10.2 Å². The summed E-state index contributed by atoms with van der Waals surface area (Å²) in [5, 5.41) is 24.8. The van der Waals surface area contributed by atoms with Crippen molar-refractivity contribution in [1.82, 2.24) is 5.43 Å². The molecule has 0 bridgehead atoms. The maximum absolute atomic E-state index is 12.0. The van der Waals surface area contributed by atoms with Gasteiger partial charge in [-0.05, 0) is 25.1 Å². The van der Waals surface area contributed by atoms with E-state index in [0.717, 1.165) is 22.8 Å². The number of amides is 1. The number of nitro benzene ring substituents is 1. The van der Waals surface area contributed by atoms with Gasteiger partial charge in [0.05, 0.1) is 23.8 Å². The Labute approximate surface area is 151 Å². The standard InChI is InChI=1S/C16H14BrN3O5/c1-2-25-14-8-13(20(23)24)7-11(15(14)21)9-18-19-16(22)10-4-3-5-12(17)6-10/h3-9,21H,2H2,1H3,(H,19,22). The lowest BCUT2D eigenvalue weighted by atomic mass is 10.1. The Morgan fingerprint density at radius 1 is 1.44 bits per heavy atom. The van der Waals surface area contributed by atoms with E-state index in [1.54, 1.807) is 31.2 Å². The lowest BCUT2D eigenvalue weighted by molar-refractivity contribution is -0.385. The molecule has 0 heterocycles. The first-order chi connectivity index (χ1) is 11.9. The first kappa shape index (κ1) is 18.4. The fraction of sp³-hybridized carbons (Fsp3) is 0.125. The van der Waals surface area contributed by atoms with Gasteiger partial charge in [0.25, 0.3) is 11.6 Å². The molecule has 0 fully saturated rings. The van der Waals surface area contributed by atoms with Gasteiger partial charge < -0.3 is 9.84 Å². The highest BCUT2D eigenvalue weighted by Gasteiger charge is 2.16. The fourth-order valence-electron chi connectivity index (χ4n) is 1.94. The second kappa shape index (κ2) is 8.25. The van der Waals surface area contributed by atoms with Crippen molar-refractivity contribution in [3.8, 4) is 11.5 Å². The van der Waals surface area contributed by atoms with E-state index in [1.807, 2.05) is 0 Å². The zero-order valence-corrected chi connectivity index (χ0v) is 14.7. The highest BCUT2D eigenvalue weighted by atomic mass is 79.9. The second-order valence-electron chi connectivity index (χ2n) is 4.78. The molecule has 0 atom stereocenters. The predicted molar refractivity (Wildman–Crippen MR) is 95.1 cm³/mol. The molecule has 2 aromatic carbocycles. The first-order valence-corrected chi connectivity index (χ1v) is 7.94. The lowest BCUT2D eigenvalue weighted by Crippen LogP contribution is -2.17. The number of hydrogen-bond donors (Lipinski definition) is 2. The molecule has 25 heavy (non-hydrogen) atoms. The van der Waals surface area contributed by atoms with Crippen molar-refractivity contribution in [2.24, 2.45) is 5.10 Å². The quantitative estimate of drug-likeness (QED) is 0.433. The highest BCUT2D eigenvalue weighted by molar-refractivity contribution is 9.10. The minimum absolute atomic E-state index is 0.0310. The van der Waals surface area contributed by atoms with Crippen LogP contribution in [-0.4, -0.2) is 28.8 Å². The Kier molecular flexibility index (Phi) is 6.07. The topological polar surface area (TPSA) is 114 Å². The van der Waals surface area contributed by atoms with Crippen molar-refractivity contribution < 1.29 is 19.6 Å². The van der Waals surface area contributed by atoms with Crippen LogP contribution in [0.25, 0.3) is 0 Å². The van der Waals surface area contributed by atoms with Crippen molar-refractivity contribution in [3.05, 3.63) is 62.1 Å². The van der Waals surface area contributed by atoms with Gasteiger partial charge in [0, 0.05) is 21.7 Å². The van der Waals surface area contributed by atoms with Gasteiger partial charge in [-0.2, -0.15) is 5.10 Å². The molecular formula is C16H14BrN3O5. The number of benzene rings is 2.